The zero-order valence-corrected chi connectivity index (χ0v) is 12.9. The topological polar surface area (TPSA) is 52.6 Å². The average Bonchev–Trinajstić information content (AvgIpc) is 2.50. The number of fused-ring (bicyclic) bond motifs is 1. The third-order valence-electron chi connectivity index (χ3n) is 3.20. The molecule has 0 spiro atoms. The van der Waals surface area contributed by atoms with Crippen LogP contribution in [0.1, 0.15) is 39.5 Å². The number of carbonyl (C=O) groups excluding carboxylic acids is 2. The van der Waals surface area contributed by atoms with Gasteiger partial charge in [-0.15, -0.1) is 0 Å². The van der Waals surface area contributed by atoms with Gasteiger partial charge in [0.15, 0.2) is 0 Å². The van der Waals surface area contributed by atoms with Crippen molar-refractivity contribution in [3.8, 4) is 11.5 Å². The summed E-state index contributed by atoms with van der Waals surface area (Å²) in [5.41, 5.74) is 0. The summed E-state index contributed by atoms with van der Waals surface area (Å²) in [5.74, 6) is 0.459. The second-order valence-electron chi connectivity index (χ2n) is 5.06. The van der Waals surface area contributed by atoms with Crippen LogP contribution in [0.5, 0.6) is 11.5 Å². The van der Waals surface area contributed by atoms with E-state index >= 15 is 0 Å². The molecule has 2 aromatic rings. The van der Waals surface area contributed by atoms with E-state index in [4.69, 9.17) is 9.47 Å². The number of hydrogen-bond acceptors (Lipinski definition) is 4. The highest BCUT2D eigenvalue weighted by atomic mass is 16.5. The largest absolute Gasteiger partial charge is 0.426 e. The lowest BCUT2D eigenvalue weighted by molar-refractivity contribution is -0.135. The molecular weight excluding hydrogens is 280 g/mol. The summed E-state index contributed by atoms with van der Waals surface area (Å²) in [6, 6.07) is 10.8. The summed E-state index contributed by atoms with van der Waals surface area (Å²) in [4.78, 5) is 23.4. The SMILES string of the molecule is CCCC(=O)Oc1ccc(OC(=O)CCC)c2ccccc12. The van der Waals surface area contributed by atoms with Gasteiger partial charge in [-0.05, 0) is 25.0 Å². The van der Waals surface area contributed by atoms with Crippen molar-refractivity contribution in [2.24, 2.45) is 0 Å². The fourth-order valence-corrected chi connectivity index (χ4v) is 2.18. The molecule has 0 saturated carbocycles. The van der Waals surface area contributed by atoms with Gasteiger partial charge in [-0.25, -0.2) is 0 Å². The molecule has 0 atom stereocenters. The van der Waals surface area contributed by atoms with Gasteiger partial charge in [0.2, 0.25) is 0 Å². The first kappa shape index (κ1) is 16.0. The maximum absolute atomic E-state index is 11.7. The Morgan fingerprint density at radius 3 is 1.55 bits per heavy atom. The van der Waals surface area contributed by atoms with Gasteiger partial charge < -0.3 is 9.47 Å². The van der Waals surface area contributed by atoms with E-state index in [-0.39, 0.29) is 11.9 Å². The highest BCUT2D eigenvalue weighted by Crippen LogP contribution is 2.33. The van der Waals surface area contributed by atoms with Gasteiger partial charge >= 0.3 is 11.9 Å². The van der Waals surface area contributed by atoms with Crippen molar-refractivity contribution >= 4 is 22.7 Å². The van der Waals surface area contributed by atoms with E-state index in [1.165, 1.54) is 0 Å². The van der Waals surface area contributed by atoms with E-state index in [1.807, 2.05) is 38.1 Å². The van der Waals surface area contributed by atoms with Crippen LogP contribution in [0.2, 0.25) is 0 Å². The van der Waals surface area contributed by atoms with Crippen LogP contribution in [-0.4, -0.2) is 11.9 Å². The molecule has 0 saturated heterocycles. The van der Waals surface area contributed by atoms with Gasteiger partial charge in [0.1, 0.15) is 11.5 Å². The second kappa shape index (κ2) is 7.59. The molecule has 0 bridgehead atoms. The maximum atomic E-state index is 11.7. The maximum Gasteiger partial charge on any atom is 0.311 e. The Balaban J connectivity index is 2.34. The van der Waals surface area contributed by atoms with E-state index in [0.717, 1.165) is 23.6 Å². The molecule has 0 N–H and O–H groups in total. The molecule has 116 valence electrons. The molecule has 0 heterocycles. The molecule has 2 aromatic carbocycles. The van der Waals surface area contributed by atoms with Gasteiger partial charge in [-0.1, -0.05) is 38.1 Å². The van der Waals surface area contributed by atoms with Crippen molar-refractivity contribution in [2.45, 2.75) is 39.5 Å². The molecule has 0 fully saturated rings. The van der Waals surface area contributed by atoms with Crippen LogP contribution in [0.25, 0.3) is 10.8 Å². The van der Waals surface area contributed by atoms with Crippen LogP contribution in [0.3, 0.4) is 0 Å². The monoisotopic (exact) mass is 300 g/mol. The molecule has 0 radical (unpaired) electrons. The molecule has 0 aliphatic heterocycles. The van der Waals surface area contributed by atoms with Crippen molar-refractivity contribution in [2.75, 3.05) is 0 Å². The standard InChI is InChI=1S/C18H20O4/c1-3-7-17(19)21-15-11-12-16(22-18(20)8-4-2)14-10-6-5-9-13(14)15/h5-6,9-12H,3-4,7-8H2,1-2H3. The predicted octanol–water partition coefficient (Wildman–Crippen LogP) is 4.25. The molecule has 0 amide bonds. The number of esters is 2. The van der Waals surface area contributed by atoms with Crippen LogP contribution >= 0.6 is 0 Å². The minimum atomic E-state index is -0.261. The average molecular weight is 300 g/mol. The first-order valence-electron chi connectivity index (χ1n) is 7.58. The zero-order chi connectivity index (χ0) is 15.9. The van der Waals surface area contributed by atoms with Crippen LogP contribution in [0.15, 0.2) is 36.4 Å². The van der Waals surface area contributed by atoms with E-state index in [2.05, 4.69) is 0 Å². The lowest BCUT2D eigenvalue weighted by Gasteiger charge is -2.11. The molecule has 0 aliphatic carbocycles. The Hall–Kier alpha value is -2.36. The van der Waals surface area contributed by atoms with Crippen LogP contribution in [-0.2, 0) is 9.59 Å². The Kier molecular flexibility index (Phi) is 5.53. The minimum absolute atomic E-state index is 0.261. The van der Waals surface area contributed by atoms with Crippen LogP contribution < -0.4 is 9.47 Å². The summed E-state index contributed by atoms with van der Waals surface area (Å²) in [5, 5.41) is 1.52. The Bertz CT molecular complexity index is 617. The smallest absolute Gasteiger partial charge is 0.311 e. The number of ether oxygens (including phenoxy) is 2. The van der Waals surface area contributed by atoms with E-state index in [9.17, 15) is 9.59 Å². The first-order valence-corrected chi connectivity index (χ1v) is 7.58. The number of rotatable bonds is 6. The Morgan fingerprint density at radius 2 is 1.18 bits per heavy atom. The highest BCUT2D eigenvalue weighted by molar-refractivity contribution is 5.96. The summed E-state index contributed by atoms with van der Waals surface area (Å²) >= 11 is 0. The molecule has 4 heteroatoms. The van der Waals surface area contributed by atoms with E-state index < -0.39 is 0 Å². The summed E-state index contributed by atoms with van der Waals surface area (Å²) < 4.78 is 10.8. The summed E-state index contributed by atoms with van der Waals surface area (Å²) in [6.07, 6.45) is 2.23. The van der Waals surface area contributed by atoms with Crippen molar-refractivity contribution in [3.63, 3.8) is 0 Å². The lowest BCUT2D eigenvalue weighted by Crippen LogP contribution is -2.09. The summed E-state index contributed by atoms with van der Waals surface area (Å²) in [6.45, 7) is 3.85. The molecular formula is C18H20O4. The fraction of sp³-hybridized carbons (Fsp3) is 0.333. The van der Waals surface area contributed by atoms with Gasteiger partial charge in [0.05, 0.1) is 0 Å². The Labute approximate surface area is 130 Å². The molecule has 2 rings (SSSR count). The third kappa shape index (κ3) is 3.85. The van der Waals surface area contributed by atoms with Crippen molar-refractivity contribution in [3.05, 3.63) is 36.4 Å². The number of benzene rings is 2. The van der Waals surface area contributed by atoms with Gasteiger partial charge in [-0.2, -0.15) is 0 Å². The van der Waals surface area contributed by atoms with E-state index in [0.29, 0.717) is 24.3 Å². The molecule has 0 unspecified atom stereocenters. The van der Waals surface area contributed by atoms with Gasteiger partial charge in [0, 0.05) is 23.6 Å². The van der Waals surface area contributed by atoms with Crippen molar-refractivity contribution in [1.82, 2.24) is 0 Å². The first-order chi connectivity index (χ1) is 10.7. The normalized spacial score (nSPS) is 10.5. The fourth-order valence-electron chi connectivity index (χ4n) is 2.18. The predicted molar refractivity (Wildman–Crippen MR) is 85.0 cm³/mol. The van der Waals surface area contributed by atoms with Crippen LogP contribution in [0, 0.1) is 0 Å². The minimum Gasteiger partial charge on any atom is -0.426 e. The lowest BCUT2D eigenvalue weighted by atomic mass is 10.1. The summed E-state index contributed by atoms with van der Waals surface area (Å²) in [7, 11) is 0. The third-order valence-corrected chi connectivity index (χ3v) is 3.20. The van der Waals surface area contributed by atoms with E-state index in [1.54, 1.807) is 12.1 Å². The van der Waals surface area contributed by atoms with Gasteiger partial charge in [-0.3, -0.25) is 9.59 Å². The quantitative estimate of drug-likeness (QED) is 0.591. The highest BCUT2D eigenvalue weighted by Gasteiger charge is 2.13. The zero-order valence-electron chi connectivity index (χ0n) is 12.9. The van der Waals surface area contributed by atoms with Crippen molar-refractivity contribution < 1.29 is 19.1 Å². The molecule has 0 aliphatic rings. The van der Waals surface area contributed by atoms with Crippen LogP contribution in [0.4, 0.5) is 0 Å². The molecule has 22 heavy (non-hydrogen) atoms. The van der Waals surface area contributed by atoms with Crippen molar-refractivity contribution in [1.29, 1.82) is 0 Å². The second-order valence-corrected chi connectivity index (χ2v) is 5.06. The Morgan fingerprint density at radius 1 is 0.773 bits per heavy atom. The molecule has 4 nitrogen and oxygen atoms in total. The van der Waals surface area contributed by atoms with Gasteiger partial charge in [0.25, 0.3) is 0 Å². The molecule has 0 aromatic heterocycles. The number of hydrogen-bond donors (Lipinski definition) is 0. The number of carbonyl (C=O) groups is 2.